The third-order valence-electron chi connectivity index (χ3n) is 4.21. The van der Waals surface area contributed by atoms with E-state index in [0.717, 1.165) is 18.2 Å². The quantitative estimate of drug-likeness (QED) is 0.532. The molecule has 11 heteroatoms. The summed E-state index contributed by atoms with van der Waals surface area (Å²) in [6.07, 6.45) is -4.77. The topological polar surface area (TPSA) is 106 Å². The molecule has 0 spiro atoms. The van der Waals surface area contributed by atoms with Gasteiger partial charge in [0.15, 0.2) is 5.11 Å². The number of carbonyl (C=O) groups excluding carboxylic acids is 1. The molecule has 0 radical (unpaired) electrons. The van der Waals surface area contributed by atoms with Crippen molar-refractivity contribution in [2.75, 3.05) is 10.2 Å². The number of halogens is 4. The number of anilines is 2. The van der Waals surface area contributed by atoms with E-state index in [4.69, 9.17) is 23.2 Å². The van der Waals surface area contributed by atoms with Crippen molar-refractivity contribution in [3.63, 3.8) is 0 Å². The summed E-state index contributed by atoms with van der Waals surface area (Å²) in [7, 11) is 0. The van der Waals surface area contributed by atoms with Crippen molar-refractivity contribution in [1.29, 1.82) is 10.5 Å². The molecule has 0 saturated carbocycles. The fraction of sp³-hybridized carbons (Fsp3) is 0.200. The van der Waals surface area contributed by atoms with Gasteiger partial charge in [-0.05, 0) is 62.5 Å². The van der Waals surface area contributed by atoms with Crippen molar-refractivity contribution in [3.05, 3.63) is 58.9 Å². The second-order valence-corrected chi connectivity index (χ2v) is 7.22. The van der Waals surface area contributed by atoms with E-state index in [2.05, 4.69) is 5.32 Å². The van der Waals surface area contributed by atoms with E-state index < -0.39 is 34.6 Å². The Morgan fingerprint density at radius 2 is 1.81 bits per heavy atom. The summed E-state index contributed by atoms with van der Waals surface area (Å²) in [6.45, 7) is 2.92. The predicted octanol–water partition coefficient (Wildman–Crippen LogP) is 4.32. The molecule has 1 amide bonds. The third-order valence-corrected chi connectivity index (χ3v) is 4.49. The number of hydrogen-bond acceptors (Lipinski definition) is 4. The minimum Gasteiger partial charge on any atom is -0.366 e. The lowest BCUT2D eigenvalue weighted by atomic mass is 10.0. The molecule has 0 unspecified atom stereocenters. The van der Waals surface area contributed by atoms with Crippen LogP contribution in [0.5, 0.6) is 0 Å². The number of benzene rings is 2. The van der Waals surface area contributed by atoms with Crippen molar-refractivity contribution < 1.29 is 22.4 Å². The van der Waals surface area contributed by atoms with Gasteiger partial charge in [0.1, 0.15) is 11.4 Å². The standard InChI is InChI=1S/C20H15F4N5OS/c1-19(2,10-26)29(13-5-6-14(17(27)30)16(21)8-13)18(31)28-12-4-3-11(9-25)15(7-12)20(22,23)24/h3-8H,1-2H3,(H2,27,30)(H,28,31). The zero-order valence-electron chi connectivity index (χ0n) is 16.2. The van der Waals surface area contributed by atoms with Crippen molar-refractivity contribution in [2.45, 2.75) is 25.6 Å². The highest BCUT2D eigenvalue weighted by Crippen LogP contribution is 2.34. The highest BCUT2D eigenvalue weighted by atomic mass is 32.1. The molecule has 0 heterocycles. The molecule has 0 bridgehead atoms. The molecular formula is C20H15F4N5OS. The number of alkyl halides is 3. The Morgan fingerprint density at radius 1 is 1.16 bits per heavy atom. The number of nitrogens with one attached hydrogen (secondary N) is 1. The van der Waals surface area contributed by atoms with Crippen LogP contribution in [0.4, 0.5) is 28.9 Å². The monoisotopic (exact) mass is 449 g/mol. The lowest BCUT2D eigenvalue weighted by molar-refractivity contribution is -0.137. The summed E-state index contributed by atoms with van der Waals surface area (Å²) >= 11 is 5.28. The Kier molecular flexibility index (Phi) is 6.52. The number of nitrogens with zero attached hydrogens (tertiary/aromatic N) is 3. The predicted molar refractivity (Wildman–Crippen MR) is 109 cm³/mol. The third kappa shape index (κ3) is 5.08. The van der Waals surface area contributed by atoms with Gasteiger partial charge in [0, 0.05) is 11.4 Å². The number of nitrogens with two attached hydrogens (primary N) is 1. The first-order valence-corrected chi connectivity index (χ1v) is 8.96. The summed E-state index contributed by atoms with van der Waals surface area (Å²) in [6, 6.07) is 9.71. The van der Waals surface area contributed by atoms with Gasteiger partial charge >= 0.3 is 6.18 Å². The van der Waals surface area contributed by atoms with Crippen LogP contribution in [0.25, 0.3) is 0 Å². The molecule has 0 fully saturated rings. The fourth-order valence-electron chi connectivity index (χ4n) is 2.72. The molecule has 0 aliphatic carbocycles. The SMILES string of the molecule is CC(C)(C#N)N(C(=S)Nc1ccc(C#N)c(C(F)(F)F)c1)c1ccc(C(N)=O)c(F)c1. The first-order valence-electron chi connectivity index (χ1n) is 8.55. The second kappa shape index (κ2) is 8.58. The van der Waals surface area contributed by atoms with Crippen molar-refractivity contribution in [1.82, 2.24) is 0 Å². The van der Waals surface area contributed by atoms with Gasteiger partial charge in [-0.2, -0.15) is 23.7 Å². The van der Waals surface area contributed by atoms with E-state index in [-0.39, 0.29) is 22.1 Å². The largest absolute Gasteiger partial charge is 0.417 e. The molecule has 31 heavy (non-hydrogen) atoms. The molecule has 0 saturated heterocycles. The Bertz CT molecular complexity index is 1130. The Morgan fingerprint density at radius 3 is 2.29 bits per heavy atom. The van der Waals surface area contributed by atoms with Crippen molar-refractivity contribution in [3.8, 4) is 12.1 Å². The molecule has 0 aliphatic rings. The van der Waals surface area contributed by atoms with Crippen LogP contribution in [0.15, 0.2) is 36.4 Å². The summed E-state index contributed by atoms with van der Waals surface area (Å²) in [5.74, 6) is -1.95. The molecule has 2 rings (SSSR count). The minimum atomic E-state index is -4.77. The number of carbonyl (C=O) groups is 1. The van der Waals surface area contributed by atoms with Gasteiger partial charge in [0.2, 0.25) is 0 Å². The Labute approximate surface area is 180 Å². The van der Waals surface area contributed by atoms with E-state index in [1.54, 1.807) is 0 Å². The van der Waals surface area contributed by atoms with Gasteiger partial charge in [-0.3, -0.25) is 9.69 Å². The molecule has 0 aliphatic heterocycles. The number of amides is 1. The molecule has 6 nitrogen and oxygen atoms in total. The van der Waals surface area contributed by atoms with E-state index in [1.807, 2.05) is 6.07 Å². The Balaban J connectivity index is 2.50. The van der Waals surface area contributed by atoms with Crippen molar-refractivity contribution in [2.24, 2.45) is 5.73 Å². The molecule has 3 N–H and O–H groups in total. The van der Waals surface area contributed by atoms with E-state index in [9.17, 15) is 27.6 Å². The number of hydrogen-bond donors (Lipinski definition) is 2. The van der Waals surface area contributed by atoms with Crippen LogP contribution in [0, 0.1) is 28.5 Å². The van der Waals surface area contributed by atoms with Crippen LogP contribution in [0.2, 0.25) is 0 Å². The van der Waals surface area contributed by atoms with Crippen LogP contribution in [-0.4, -0.2) is 16.6 Å². The molecular weight excluding hydrogens is 434 g/mol. The number of thiocarbonyl (C=S) groups is 1. The Hall–Kier alpha value is -3.70. The van der Waals surface area contributed by atoms with E-state index in [0.29, 0.717) is 6.07 Å². The average Bonchev–Trinajstić information content (AvgIpc) is 2.67. The summed E-state index contributed by atoms with van der Waals surface area (Å²) < 4.78 is 54.0. The maximum absolute atomic E-state index is 14.3. The normalized spacial score (nSPS) is 11.2. The smallest absolute Gasteiger partial charge is 0.366 e. The van der Waals surface area contributed by atoms with Crippen LogP contribution in [0.1, 0.15) is 35.3 Å². The molecule has 160 valence electrons. The van der Waals surface area contributed by atoms with Gasteiger partial charge in [-0.15, -0.1) is 0 Å². The lowest BCUT2D eigenvalue weighted by Crippen LogP contribution is -2.49. The minimum absolute atomic E-state index is 0.0660. The summed E-state index contributed by atoms with van der Waals surface area (Å²) in [5.41, 5.74) is 1.60. The first kappa shape index (κ1) is 23.6. The van der Waals surface area contributed by atoms with Crippen LogP contribution in [0.3, 0.4) is 0 Å². The summed E-state index contributed by atoms with van der Waals surface area (Å²) in [4.78, 5) is 12.4. The molecule has 2 aromatic carbocycles. The summed E-state index contributed by atoms with van der Waals surface area (Å²) in [5, 5.41) is 20.8. The van der Waals surface area contributed by atoms with Crippen LogP contribution >= 0.6 is 12.2 Å². The van der Waals surface area contributed by atoms with Gasteiger partial charge in [-0.1, -0.05) is 0 Å². The maximum Gasteiger partial charge on any atom is 0.417 e. The second-order valence-electron chi connectivity index (χ2n) is 6.83. The number of primary amides is 1. The highest BCUT2D eigenvalue weighted by Gasteiger charge is 2.35. The van der Waals surface area contributed by atoms with Crippen molar-refractivity contribution >= 4 is 34.6 Å². The van der Waals surface area contributed by atoms with E-state index in [1.165, 1.54) is 36.9 Å². The van der Waals surface area contributed by atoms with Gasteiger partial charge in [0.25, 0.3) is 5.91 Å². The average molecular weight is 449 g/mol. The molecule has 0 aromatic heterocycles. The highest BCUT2D eigenvalue weighted by molar-refractivity contribution is 7.80. The molecule has 0 atom stereocenters. The lowest BCUT2D eigenvalue weighted by Gasteiger charge is -2.35. The fourth-order valence-corrected chi connectivity index (χ4v) is 3.17. The zero-order chi connectivity index (χ0) is 23.6. The maximum atomic E-state index is 14.3. The van der Waals surface area contributed by atoms with E-state index >= 15 is 0 Å². The van der Waals surface area contributed by atoms with Gasteiger partial charge < -0.3 is 11.1 Å². The first-order chi connectivity index (χ1) is 14.3. The zero-order valence-corrected chi connectivity index (χ0v) is 17.0. The van der Waals surface area contributed by atoms with Crippen LogP contribution < -0.4 is 16.0 Å². The number of nitriles is 2. The van der Waals surface area contributed by atoms with Gasteiger partial charge in [-0.25, -0.2) is 4.39 Å². The van der Waals surface area contributed by atoms with Gasteiger partial charge in [0.05, 0.1) is 28.8 Å². The molecule has 2 aromatic rings. The number of rotatable bonds is 4. The van der Waals surface area contributed by atoms with Crippen LogP contribution in [-0.2, 0) is 6.18 Å².